The summed E-state index contributed by atoms with van der Waals surface area (Å²) in [6.07, 6.45) is 0.664. The summed E-state index contributed by atoms with van der Waals surface area (Å²) in [7, 11) is 0. The lowest BCUT2D eigenvalue weighted by Crippen LogP contribution is -2.37. The number of carbonyl (C=O) groups is 2. The predicted octanol–water partition coefficient (Wildman–Crippen LogP) is 5.29. The van der Waals surface area contributed by atoms with Crippen molar-refractivity contribution in [1.29, 1.82) is 0 Å². The molecule has 0 bridgehead atoms. The average Bonchev–Trinajstić information content (AvgIpc) is 2.91. The summed E-state index contributed by atoms with van der Waals surface area (Å²) in [5.74, 6) is -0.324. The molecular formula is C19H16Cl4N2O2. The average molecular weight is 446 g/mol. The van der Waals surface area contributed by atoms with Gasteiger partial charge in [0, 0.05) is 36.8 Å². The van der Waals surface area contributed by atoms with E-state index in [1.807, 2.05) is 0 Å². The summed E-state index contributed by atoms with van der Waals surface area (Å²) in [5.41, 5.74) is 0.843. The van der Waals surface area contributed by atoms with Gasteiger partial charge in [-0.25, -0.2) is 0 Å². The summed E-state index contributed by atoms with van der Waals surface area (Å²) in [6, 6.07) is 9.62. The van der Waals surface area contributed by atoms with Gasteiger partial charge in [0.05, 0.1) is 20.6 Å². The van der Waals surface area contributed by atoms with E-state index in [0.29, 0.717) is 63.8 Å². The van der Waals surface area contributed by atoms with Crippen molar-refractivity contribution in [3.05, 3.63) is 67.6 Å². The zero-order valence-corrected chi connectivity index (χ0v) is 17.2. The maximum absolute atomic E-state index is 12.8. The minimum atomic E-state index is -0.189. The van der Waals surface area contributed by atoms with Gasteiger partial charge in [-0.1, -0.05) is 46.4 Å². The van der Waals surface area contributed by atoms with Crippen LogP contribution in [0.25, 0.3) is 0 Å². The Morgan fingerprint density at radius 1 is 0.704 bits per heavy atom. The van der Waals surface area contributed by atoms with Crippen molar-refractivity contribution in [1.82, 2.24) is 9.80 Å². The lowest BCUT2D eigenvalue weighted by atomic mass is 10.2. The van der Waals surface area contributed by atoms with Crippen LogP contribution in [0.4, 0.5) is 0 Å². The molecule has 0 atom stereocenters. The molecule has 0 N–H and O–H groups in total. The fraction of sp³-hybridized carbons (Fsp3) is 0.263. The molecule has 1 aliphatic rings. The van der Waals surface area contributed by atoms with Crippen molar-refractivity contribution in [3.63, 3.8) is 0 Å². The Morgan fingerprint density at radius 2 is 1.33 bits per heavy atom. The van der Waals surface area contributed by atoms with E-state index >= 15 is 0 Å². The molecule has 27 heavy (non-hydrogen) atoms. The number of amides is 2. The Kier molecular flexibility index (Phi) is 6.53. The smallest absolute Gasteiger partial charge is 0.255 e. The molecule has 1 fully saturated rings. The minimum Gasteiger partial charge on any atom is -0.337 e. The standard InChI is InChI=1S/C19H16Cl4N2O2/c20-13-3-5-15(21)14(11-13)19(27)25-7-1-6-24(8-9-25)18(26)12-2-4-16(22)17(23)10-12/h2-5,10-11H,1,6-9H2. The van der Waals surface area contributed by atoms with Gasteiger partial charge < -0.3 is 9.80 Å². The van der Waals surface area contributed by atoms with E-state index in [1.54, 1.807) is 46.2 Å². The van der Waals surface area contributed by atoms with Crippen LogP contribution >= 0.6 is 46.4 Å². The molecular weight excluding hydrogens is 430 g/mol. The molecule has 4 nitrogen and oxygen atoms in total. The third-order valence-electron chi connectivity index (χ3n) is 4.40. The number of carbonyl (C=O) groups excluding carboxylic acids is 2. The lowest BCUT2D eigenvalue weighted by molar-refractivity contribution is 0.0719. The molecule has 142 valence electrons. The van der Waals surface area contributed by atoms with E-state index in [1.165, 1.54) is 0 Å². The van der Waals surface area contributed by atoms with E-state index in [9.17, 15) is 9.59 Å². The van der Waals surface area contributed by atoms with E-state index in [2.05, 4.69) is 0 Å². The van der Waals surface area contributed by atoms with Crippen LogP contribution < -0.4 is 0 Å². The van der Waals surface area contributed by atoms with Crippen LogP contribution in [0.5, 0.6) is 0 Å². The molecule has 2 aromatic rings. The Bertz CT molecular complexity index is 888. The maximum atomic E-state index is 12.8. The molecule has 2 aromatic carbocycles. The second-order valence-corrected chi connectivity index (χ2v) is 7.85. The van der Waals surface area contributed by atoms with E-state index in [-0.39, 0.29) is 11.8 Å². The first-order valence-electron chi connectivity index (χ1n) is 8.35. The number of rotatable bonds is 2. The molecule has 0 saturated carbocycles. The van der Waals surface area contributed by atoms with Crippen LogP contribution in [0.1, 0.15) is 27.1 Å². The topological polar surface area (TPSA) is 40.6 Å². The maximum Gasteiger partial charge on any atom is 0.255 e. The molecule has 1 heterocycles. The minimum absolute atomic E-state index is 0.136. The normalized spacial score (nSPS) is 14.8. The molecule has 0 radical (unpaired) electrons. The van der Waals surface area contributed by atoms with Gasteiger partial charge in [-0.05, 0) is 42.8 Å². The van der Waals surface area contributed by atoms with Crippen molar-refractivity contribution in [3.8, 4) is 0 Å². The Morgan fingerprint density at radius 3 is 2.00 bits per heavy atom. The van der Waals surface area contributed by atoms with E-state index < -0.39 is 0 Å². The molecule has 8 heteroatoms. The van der Waals surface area contributed by atoms with Crippen molar-refractivity contribution in [2.45, 2.75) is 6.42 Å². The molecule has 0 aromatic heterocycles. The van der Waals surface area contributed by atoms with E-state index in [0.717, 1.165) is 0 Å². The van der Waals surface area contributed by atoms with Crippen molar-refractivity contribution in [2.75, 3.05) is 26.2 Å². The Balaban J connectivity index is 1.71. The summed E-state index contributed by atoms with van der Waals surface area (Å²) >= 11 is 24.1. The lowest BCUT2D eigenvalue weighted by Gasteiger charge is -2.23. The van der Waals surface area contributed by atoms with Gasteiger partial charge in [0.25, 0.3) is 11.8 Å². The highest BCUT2D eigenvalue weighted by atomic mass is 35.5. The zero-order chi connectivity index (χ0) is 19.6. The van der Waals surface area contributed by atoms with Crippen LogP contribution in [0, 0.1) is 0 Å². The first kappa shape index (κ1) is 20.3. The van der Waals surface area contributed by atoms with E-state index in [4.69, 9.17) is 46.4 Å². The van der Waals surface area contributed by atoms with Crippen molar-refractivity contribution < 1.29 is 9.59 Å². The molecule has 0 unspecified atom stereocenters. The van der Waals surface area contributed by atoms with Gasteiger partial charge in [0.15, 0.2) is 0 Å². The molecule has 0 aliphatic carbocycles. The quantitative estimate of drug-likeness (QED) is 0.630. The highest BCUT2D eigenvalue weighted by molar-refractivity contribution is 6.42. The Hall–Kier alpha value is -1.46. The van der Waals surface area contributed by atoms with Crippen molar-refractivity contribution in [2.24, 2.45) is 0 Å². The zero-order valence-electron chi connectivity index (χ0n) is 14.2. The number of nitrogens with zero attached hydrogens (tertiary/aromatic N) is 2. The molecule has 2 amide bonds. The second kappa shape index (κ2) is 8.70. The predicted molar refractivity (Wildman–Crippen MR) is 109 cm³/mol. The van der Waals surface area contributed by atoms with Crippen LogP contribution in [0.15, 0.2) is 36.4 Å². The number of hydrogen-bond donors (Lipinski definition) is 0. The Labute approximate surface area is 177 Å². The van der Waals surface area contributed by atoms with Gasteiger partial charge in [-0.15, -0.1) is 0 Å². The van der Waals surface area contributed by atoms with Gasteiger partial charge in [-0.2, -0.15) is 0 Å². The molecule has 1 saturated heterocycles. The van der Waals surface area contributed by atoms with Crippen LogP contribution in [0.2, 0.25) is 20.1 Å². The van der Waals surface area contributed by atoms with Crippen molar-refractivity contribution >= 4 is 58.2 Å². The summed E-state index contributed by atoms with van der Waals surface area (Å²) in [4.78, 5) is 29.0. The monoisotopic (exact) mass is 444 g/mol. The molecule has 1 aliphatic heterocycles. The van der Waals surface area contributed by atoms with Gasteiger partial charge in [-0.3, -0.25) is 9.59 Å². The second-order valence-electron chi connectivity index (χ2n) is 6.19. The van der Waals surface area contributed by atoms with Gasteiger partial charge in [0.1, 0.15) is 0 Å². The van der Waals surface area contributed by atoms with Gasteiger partial charge in [0.2, 0.25) is 0 Å². The highest BCUT2D eigenvalue weighted by Gasteiger charge is 2.25. The van der Waals surface area contributed by atoms with Gasteiger partial charge >= 0.3 is 0 Å². The summed E-state index contributed by atoms with van der Waals surface area (Å²) < 4.78 is 0. The molecule has 0 spiro atoms. The first-order valence-corrected chi connectivity index (χ1v) is 9.86. The fourth-order valence-corrected chi connectivity index (χ4v) is 3.64. The third-order valence-corrected chi connectivity index (χ3v) is 5.70. The third kappa shape index (κ3) is 4.69. The fourth-order valence-electron chi connectivity index (χ4n) is 2.97. The SMILES string of the molecule is O=C(c1ccc(Cl)c(Cl)c1)N1CCCN(C(=O)c2cc(Cl)ccc2Cl)CC1. The molecule has 3 rings (SSSR count). The summed E-state index contributed by atoms with van der Waals surface area (Å²) in [6.45, 7) is 1.91. The number of hydrogen-bond acceptors (Lipinski definition) is 2. The number of benzene rings is 2. The van der Waals surface area contributed by atoms with Crippen LogP contribution in [0.3, 0.4) is 0 Å². The van der Waals surface area contributed by atoms with Crippen LogP contribution in [-0.2, 0) is 0 Å². The largest absolute Gasteiger partial charge is 0.337 e. The first-order chi connectivity index (χ1) is 12.9. The highest BCUT2D eigenvalue weighted by Crippen LogP contribution is 2.25. The van der Waals surface area contributed by atoms with Crippen LogP contribution in [-0.4, -0.2) is 47.8 Å². The summed E-state index contributed by atoms with van der Waals surface area (Å²) in [5, 5.41) is 1.55. The number of halogens is 4.